The van der Waals surface area contributed by atoms with Crippen molar-refractivity contribution in [2.24, 2.45) is 5.92 Å². The van der Waals surface area contributed by atoms with E-state index < -0.39 is 36.3 Å². The van der Waals surface area contributed by atoms with Gasteiger partial charge in [0.25, 0.3) is 5.56 Å². The molecule has 2 rings (SSSR count). The predicted molar refractivity (Wildman–Crippen MR) is 85.2 cm³/mol. The third-order valence-corrected chi connectivity index (χ3v) is 3.37. The number of nitrogens with zero attached hydrogens (tertiary/aromatic N) is 3. The number of nitrogens with two attached hydrogens (primary N) is 1. The number of aromatic nitrogens is 4. The number of imidazole rings is 1. The van der Waals surface area contributed by atoms with E-state index in [2.05, 4.69) is 15.0 Å². The molecule has 0 radical (unpaired) electrons. The first-order valence-electron chi connectivity index (χ1n) is 7.57. The number of esters is 1. The number of halogens is 1. The number of carbonyl (C=O) groups excluding carboxylic acids is 1. The Morgan fingerprint density at radius 3 is 2.88 bits per heavy atom. The zero-order chi connectivity index (χ0) is 18.6. The summed E-state index contributed by atoms with van der Waals surface area (Å²) >= 11 is 0. The van der Waals surface area contributed by atoms with E-state index in [0.29, 0.717) is 0 Å². The van der Waals surface area contributed by atoms with Gasteiger partial charge >= 0.3 is 5.97 Å². The molecule has 2 heterocycles. The molecule has 4 N–H and O–H groups in total. The molecule has 0 saturated heterocycles. The van der Waals surface area contributed by atoms with Crippen molar-refractivity contribution in [3.8, 4) is 0 Å². The lowest BCUT2D eigenvalue weighted by molar-refractivity contribution is -0.157. The molecule has 1 unspecified atom stereocenters. The largest absolute Gasteiger partial charge is 0.461 e. The topological polar surface area (TPSA) is 145 Å². The summed E-state index contributed by atoms with van der Waals surface area (Å²) in [4.78, 5) is 33.3. The number of hydrogen-bond donors (Lipinski definition) is 3. The lowest BCUT2D eigenvalue weighted by Crippen LogP contribution is -2.31. The van der Waals surface area contributed by atoms with Crippen molar-refractivity contribution >= 4 is 23.1 Å². The lowest BCUT2D eigenvalue weighted by Gasteiger charge is -2.17. The van der Waals surface area contributed by atoms with Gasteiger partial charge in [0.1, 0.15) is 19.4 Å². The third kappa shape index (κ3) is 4.51. The van der Waals surface area contributed by atoms with Gasteiger partial charge in [-0.15, -0.1) is 0 Å². The number of nitrogens with one attached hydrogen (secondary N) is 1. The maximum absolute atomic E-state index is 13.5. The van der Waals surface area contributed by atoms with Gasteiger partial charge in [-0.1, -0.05) is 13.8 Å². The van der Waals surface area contributed by atoms with Crippen LogP contribution in [-0.2, 0) is 21.0 Å². The molecule has 2 atom stereocenters. The highest BCUT2D eigenvalue weighted by atomic mass is 19.1. The molecule has 0 spiro atoms. The van der Waals surface area contributed by atoms with E-state index in [-0.39, 0.29) is 30.4 Å². The van der Waals surface area contributed by atoms with Crippen LogP contribution in [0.2, 0.25) is 0 Å². The highest BCUT2D eigenvalue weighted by molar-refractivity contribution is 5.74. The predicted octanol–water partition coefficient (Wildman–Crippen LogP) is -0.426. The number of alkyl halides is 1. The second-order valence-corrected chi connectivity index (χ2v) is 5.71. The molecule has 2 aromatic rings. The molecule has 2 aromatic heterocycles. The van der Waals surface area contributed by atoms with E-state index in [1.807, 2.05) is 0 Å². The number of fused-ring (bicyclic) bond motifs is 1. The summed E-state index contributed by atoms with van der Waals surface area (Å²) in [5.41, 5.74) is 5.29. The third-order valence-electron chi connectivity index (χ3n) is 3.37. The van der Waals surface area contributed by atoms with Crippen LogP contribution in [0.3, 0.4) is 0 Å². The number of anilines is 1. The average molecular weight is 357 g/mol. The van der Waals surface area contributed by atoms with Gasteiger partial charge in [-0.2, -0.15) is 4.98 Å². The lowest BCUT2D eigenvalue weighted by atomic mass is 10.1. The highest BCUT2D eigenvalue weighted by Gasteiger charge is 2.24. The smallest absolute Gasteiger partial charge is 0.341 e. The Bertz CT molecular complexity index is 790. The van der Waals surface area contributed by atoms with E-state index in [1.54, 1.807) is 13.8 Å². The van der Waals surface area contributed by atoms with E-state index in [0.717, 1.165) is 0 Å². The molecule has 0 aliphatic heterocycles. The SMILES string of the molecule is CC(C)[C@H](F)C(=O)OCC(CO)OCn1cnc2c(=O)[nH]c(N)nc21. The maximum Gasteiger partial charge on any atom is 0.341 e. The fourth-order valence-corrected chi connectivity index (χ4v) is 1.93. The molecule has 0 bridgehead atoms. The Morgan fingerprint density at radius 2 is 2.24 bits per heavy atom. The summed E-state index contributed by atoms with van der Waals surface area (Å²) in [5, 5.41) is 9.29. The Morgan fingerprint density at radius 1 is 1.52 bits per heavy atom. The number of carbonyl (C=O) groups is 1. The van der Waals surface area contributed by atoms with Gasteiger partial charge in [-0.3, -0.25) is 14.3 Å². The Kier molecular flexibility index (Phi) is 6.04. The fourth-order valence-electron chi connectivity index (χ4n) is 1.93. The van der Waals surface area contributed by atoms with Gasteiger partial charge in [-0.05, 0) is 5.92 Å². The minimum absolute atomic E-state index is 0.0745. The summed E-state index contributed by atoms with van der Waals surface area (Å²) in [6, 6.07) is 0. The molecule has 11 heteroatoms. The number of H-pyrrole nitrogens is 1. The molecule has 0 fully saturated rings. The van der Waals surface area contributed by atoms with Crippen molar-refractivity contribution < 1.29 is 23.8 Å². The number of rotatable bonds is 8. The van der Waals surface area contributed by atoms with Gasteiger partial charge in [-0.25, -0.2) is 14.2 Å². The van der Waals surface area contributed by atoms with Gasteiger partial charge in [0, 0.05) is 0 Å². The Labute approximate surface area is 141 Å². The normalized spacial score (nSPS) is 14.0. The van der Waals surface area contributed by atoms with Crippen molar-refractivity contribution in [2.75, 3.05) is 18.9 Å². The number of ether oxygens (including phenoxy) is 2. The first-order valence-corrected chi connectivity index (χ1v) is 7.57. The molecule has 0 saturated carbocycles. The van der Waals surface area contributed by atoms with Crippen LogP contribution in [0.5, 0.6) is 0 Å². The van der Waals surface area contributed by atoms with Crippen molar-refractivity contribution in [3.63, 3.8) is 0 Å². The quantitative estimate of drug-likeness (QED) is 0.540. The summed E-state index contributed by atoms with van der Waals surface area (Å²) in [6.45, 7) is 2.21. The maximum atomic E-state index is 13.5. The monoisotopic (exact) mass is 357 g/mol. The van der Waals surface area contributed by atoms with Crippen LogP contribution < -0.4 is 11.3 Å². The first kappa shape index (κ1) is 18.8. The Hall–Kier alpha value is -2.53. The molecule has 10 nitrogen and oxygen atoms in total. The van der Waals surface area contributed by atoms with Gasteiger partial charge in [0.15, 0.2) is 17.3 Å². The van der Waals surface area contributed by atoms with Crippen molar-refractivity contribution in [3.05, 3.63) is 16.7 Å². The Balaban J connectivity index is 1.97. The van der Waals surface area contributed by atoms with Crippen LogP contribution in [0.1, 0.15) is 13.8 Å². The van der Waals surface area contributed by atoms with Gasteiger partial charge in [0.2, 0.25) is 5.95 Å². The number of aromatic amines is 1. The van der Waals surface area contributed by atoms with Crippen LogP contribution >= 0.6 is 0 Å². The first-order chi connectivity index (χ1) is 11.8. The molecular formula is C14H20FN5O5. The van der Waals surface area contributed by atoms with E-state index in [9.17, 15) is 19.1 Å². The molecule has 25 heavy (non-hydrogen) atoms. The van der Waals surface area contributed by atoms with E-state index in [4.69, 9.17) is 15.2 Å². The highest BCUT2D eigenvalue weighted by Crippen LogP contribution is 2.10. The number of aliphatic hydroxyl groups excluding tert-OH is 1. The van der Waals surface area contributed by atoms with E-state index in [1.165, 1.54) is 10.9 Å². The molecule has 138 valence electrons. The number of nitrogen functional groups attached to an aromatic ring is 1. The zero-order valence-corrected chi connectivity index (χ0v) is 13.8. The number of hydrogen-bond acceptors (Lipinski definition) is 8. The van der Waals surface area contributed by atoms with Crippen molar-refractivity contribution in [2.45, 2.75) is 32.9 Å². The van der Waals surface area contributed by atoms with E-state index >= 15 is 0 Å². The summed E-state index contributed by atoms with van der Waals surface area (Å²) in [6.07, 6.45) is -1.29. The summed E-state index contributed by atoms with van der Waals surface area (Å²) < 4.78 is 25.1. The van der Waals surface area contributed by atoms with Crippen LogP contribution in [0.4, 0.5) is 10.3 Å². The molecule has 0 aliphatic carbocycles. The minimum Gasteiger partial charge on any atom is -0.461 e. The van der Waals surface area contributed by atoms with Gasteiger partial charge in [0.05, 0.1) is 12.9 Å². The molecule has 0 amide bonds. The minimum atomic E-state index is -1.74. The molecular weight excluding hydrogens is 337 g/mol. The second-order valence-electron chi connectivity index (χ2n) is 5.71. The molecule has 0 aromatic carbocycles. The van der Waals surface area contributed by atoms with Crippen molar-refractivity contribution in [1.82, 2.24) is 19.5 Å². The fraction of sp³-hybridized carbons (Fsp3) is 0.571. The van der Waals surface area contributed by atoms with Crippen molar-refractivity contribution in [1.29, 1.82) is 0 Å². The average Bonchev–Trinajstić information content (AvgIpc) is 2.97. The van der Waals surface area contributed by atoms with Crippen LogP contribution in [0.25, 0.3) is 11.2 Å². The number of aliphatic hydroxyl groups is 1. The van der Waals surface area contributed by atoms with Gasteiger partial charge < -0.3 is 20.3 Å². The zero-order valence-electron chi connectivity index (χ0n) is 13.8. The van der Waals surface area contributed by atoms with Crippen LogP contribution in [0.15, 0.2) is 11.1 Å². The molecule has 0 aliphatic rings. The van der Waals surface area contributed by atoms with Crippen LogP contribution in [0, 0.1) is 5.92 Å². The standard InChI is InChI=1S/C14H20FN5O5/c1-7(2)9(15)13(23)24-4-8(3-21)25-6-20-5-17-10-11(20)18-14(16)19-12(10)22/h5,7-9,21H,3-4,6H2,1-2H3,(H3,16,18,19,22)/t8?,9-/m0/s1. The summed E-state index contributed by atoms with van der Waals surface area (Å²) in [7, 11) is 0. The second kappa shape index (κ2) is 8.03. The van der Waals surface area contributed by atoms with Crippen LogP contribution in [-0.4, -0.2) is 56.1 Å². The summed E-state index contributed by atoms with van der Waals surface area (Å²) in [5.74, 6) is -1.59.